The van der Waals surface area contributed by atoms with Crippen LogP contribution < -0.4 is 5.32 Å². The van der Waals surface area contributed by atoms with Crippen LogP contribution in [0.15, 0.2) is 60.8 Å². The van der Waals surface area contributed by atoms with Crippen molar-refractivity contribution in [2.45, 2.75) is 31.6 Å². The van der Waals surface area contributed by atoms with E-state index in [4.69, 9.17) is 0 Å². The molecule has 0 aliphatic carbocycles. The summed E-state index contributed by atoms with van der Waals surface area (Å²) in [5.41, 5.74) is 6.87. The summed E-state index contributed by atoms with van der Waals surface area (Å²) >= 11 is 2.04. The lowest BCUT2D eigenvalue weighted by Gasteiger charge is -2.24. The highest BCUT2D eigenvalue weighted by atomic mass is 32.2. The van der Waals surface area contributed by atoms with Crippen molar-refractivity contribution in [3.8, 4) is 0 Å². The van der Waals surface area contributed by atoms with Gasteiger partial charge in [0.2, 0.25) is 0 Å². The van der Waals surface area contributed by atoms with E-state index in [1.165, 1.54) is 45.3 Å². The molecule has 0 saturated carbocycles. The smallest absolute Gasteiger partial charge is 0.0457 e. The van der Waals surface area contributed by atoms with Gasteiger partial charge in [-0.2, -0.15) is 11.8 Å². The summed E-state index contributed by atoms with van der Waals surface area (Å²) in [6.07, 6.45) is 6.86. The fraction of sp³-hybridized carbons (Fsp3) is 0.304. The van der Waals surface area contributed by atoms with Crippen molar-refractivity contribution < 1.29 is 0 Å². The molecule has 3 heteroatoms. The van der Waals surface area contributed by atoms with Gasteiger partial charge < -0.3 is 10.3 Å². The second-order valence-corrected chi connectivity index (χ2v) is 8.21. The highest BCUT2D eigenvalue weighted by Crippen LogP contribution is 2.26. The van der Waals surface area contributed by atoms with Crippen molar-refractivity contribution in [1.29, 1.82) is 0 Å². The summed E-state index contributed by atoms with van der Waals surface area (Å²) in [5.74, 6) is 2.27. The van der Waals surface area contributed by atoms with Gasteiger partial charge in [-0.25, -0.2) is 0 Å². The Balaban J connectivity index is 1.27. The van der Waals surface area contributed by atoms with Crippen LogP contribution in [0, 0.1) is 6.92 Å². The SMILES string of the molecule is Cc1ccc(C2=CCNC(CCSCc3c[nH]c4ccccc34)C2)cc1. The van der Waals surface area contributed by atoms with Crippen LogP contribution in [0.1, 0.15) is 29.5 Å². The summed E-state index contributed by atoms with van der Waals surface area (Å²) in [6.45, 7) is 3.13. The van der Waals surface area contributed by atoms with E-state index in [-0.39, 0.29) is 0 Å². The average molecular weight is 363 g/mol. The minimum atomic E-state index is 0.590. The Morgan fingerprint density at radius 2 is 1.92 bits per heavy atom. The fourth-order valence-electron chi connectivity index (χ4n) is 3.64. The standard InChI is InChI=1S/C23H26N2S/c1-17-6-8-18(9-7-17)19-10-12-24-21(14-19)11-13-26-16-20-15-25-23-5-3-2-4-22(20)23/h2-10,15,21,24-25H,11-14,16H2,1H3. The van der Waals surface area contributed by atoms with E-state index >= 15 is 0 Å². The lowest BCUT2D eigenvalue weighted by atomic mass is 9.94. The Kier molecular flexibility index (Phi) is 5.47. The Bertz CT molecular complexity index is 892. The topological polar surface area (TPSA) is 27.8 Å². The van der Waals surface area contributed by atoms with E-state index in [0.717, 1.165) is 18.7 Å². The minimum Gasteiger partial charge on any atom is -0.361 e. The molecular weight excluding hydrogens is 336 g/mol. The van der Waals surface area contributed by atoms with Gasteiger partial charge in [-0.05, 0) is 48.3 Å². The average Bonchev–Trinajstić information content (AvgIpc) is 3.09. The molecule has 1 aliphatic heterocycles. The van der Waals surface area contributed by atoms with Gasteiger partial charge in [-0.15, -0.1) is 0 Å². The molecule has 2 nitrogen and oxygen atoms in total. The van der Waals surface area contributed by atoms with E-state index in [1.54, 1.807) is 0 Å². The predicted molar refractivity (Wildman–Crippen MR) is 115 cm³/mol. The van der Waals surface area contributed by atoms with E-state index in [0.29, 0.717) is 6.04 Å². The summed E-state index contributed by atoms with van der Waals surface area (Å²) in [6, 6.07) is 18.1. The summed E-state index contributed by atoms with van der Waals surface area (Å²) < 4.78 is 0. The van der Waals surface area contributed by atoms with Crippen molar-refractivity contribution in [3.05, 3.63) is 77.5 Å². The lowest BCUT2D eigenvalue weighted by molar-refractivity contribution is 0.525. The summed E-state index contributed by atoms with van der Waals surface area (Å²) in [4.78, 5) is 3.37. The maximum atomic E-state index is 3.66. The van der Waals surface area contributed by atoms with Gasteiger partial charge in [-0.3, -0.25) is 0 Å². The first-order chi connectivity index (χ1) is 12.8. The van der Waals surface area contributed by atoms with Crippen LogP contribution in [0.4, 0.5) is 0 Å². The van der Waals surface area contributed by atoms with Crippen molar-refractivity contribution in [2.24, 2.45) is 0 Å². The molecule has 0 bridgehead atoms. The van der Waals surface area contributed by atoms with Crippen LogP contribution in [0.5, 0.6) is 0 Å². The molecule has 1 aromatic heterocycles. The van der Waals surface area contributed by atoms with E-state index in [9.17, 15) is 0 Å². The largest absolute Gasteiger partial charge is 0.361 e. The second kappa shape index (κ2) is 8.15. The third kappa shape index (κ3) is 4.05. The van der Waals surface area contributed by atoms with E-state index in [1.807, 2.05) is 11.8 Å². The molecule has 3 aromatic rings. The van der Waals surface area contributed by atoms with Crippen molar-refractivity contribution in [2.75, 3.05) is 12.3 Å². The summed E-state index contributed by atoms with van der Waals surface area (Å²) in [7, 11) is 0. The Morgan fingerprint density at radius 1 is 1.08 bits per heavy atom. The first-order valence-corrected chi connectivity index (χ1v) is 10.6. The molecule has 1 aliphatic rings. The monoisotopic (exact) mass is 362 g/mol. The van der Waals surface area contributed by atoms with Crippen LogP contribution in [0.3, 0.4) is 0 Å². The number of rotatable bonds is 6. The molecule has 4 rings (SSSR count). The molecule has 1 unspecified atom stereocenters. The number of nitrogens with one attached hydrogen (secondary N) is 2. The number of aryl methyl sites for hydroxylation is 1. The predicted octanol–water partition coefficient (Wildman–Crippen LogP) is 5.55. The van der Waals surface area contributed by atoms with Crippen molar-refractivity contribution >= 4 is 28.2 Å². The molecule has 0 fully saturated rings. The molecule has 0 spiro atoms. The van der Waals surface area contributed by atoms with Gasteiger partial charge >= 0.3 is 0 Å². The molecule has 2 aromatic carbocycles. The van der Waals surface area contributed by atoms with Crippen LogP contribution in [-0.4, -0.2) is 23.3 Å². The highest BCUT2D eigenvalue weighted by Gasteiger charge is 2.16. The number of thioether (sulfide) groups is 1. The number of para-hydroxylation sites is 1. The van der Waals surface area contributed by atoms with E-state index in [2.05, 4.69) is 78.0 Å². The molecular formula is C23H26N2S. The number of aromatic nitrogens is 1. The van der Waals surface area contributed by atoms with Crippen molar-refractivity contribution in [3.63, 3.8) is 0 Å². The van der Waals surface area contributed by atoms with Gasteiger partial charge in [0.1, 0.15) is 0 Å². The van der Waals surface area contributed by atoms with Gasteiger partial charge in [0, 0.05) is 35.4 Å². The van der Waals surface area contributed by atoms with Gasteiger partial charge in [-0.1, -0.05) is 54.1 Å². The molecule has 26 heavy (non-hydrogen) atoms. The molecule has 134 valence electrons. The lowest BCUT2D eigenvalue weighted by Crippen LogP contribution is -2.33. The Morgan fingerprint density at radius 3 is 2.81 bits per heavy atom. The maximum Gasteiger partial charge on any atom is 0.0457 e. The van der Waals surface area contributed by atoms with E-state index < -0.39 is 0 Å². The first kappa shape index (κ1) is 17.4. The molecule has 0 radical (unpaired) electrons. The molecule has 2 heterocycles. The number of hydrogen-bond donors (Lipinski definition) is 2. The normalized spacial score (nSPS) is 17.4. The highest BCUT2D eigenvalue weighted by molar-refractivity contribution is 7.98. The number of benzene rings is 2. The third-order valence-electron chi connectivity index (χ3n) is 5.19. The van der Waals surface area contributed by atoms with Gasteiger partial charge in [0.15, 0.2) is 0 Å². The zero-order valence-corrected chi connectivity index (χ0v) is 16.1. The molecule has 0 amide bonds. The number of hydrogen-bond acceptors (Lipinski definition) is 2. The molecule has 2 N–H and O–H groups in total. The third-order valence-corrected chi connectivity index (χ3v) is 6.23. The van der Waals surface area contributed by atoms with Crippen LogP contribution in [0.25, 0.3) is 16.5 Å². The molecule has 0 saturated heterocycles. The number of H-pyrrole nitrogens is 1. The van der Waals surface area contributed by atoms with Gasteiger partial charge in [0.25, 0.3) is 0 Å². The van der Waals surface area contributed by atoms with Crippen LogP contribution in [-0.2, 0) is 5.75 Å². The van der Waals surface area contributed by atoms with Gasteiger partial charge in [0.05, 0.1) is 0 Å². The minimum absolute atomic E-state index is 0.590. The zero-order valence-electron chi connectivity index (χ0n) is 15.3. The Hall–Kier alpha value is -1.97. The van der Waals surface area contributed by atoms with Crippen molar-refractivity contribution in [1.82, 2.24) is 10.3 Å². The molecule has 1 atom stereocenters. The van der Waals surface area contributed by atoms with Crippen LogP contribution >= 0.6 is 11.8 Å². The maximum absolute atomic E-state index is 3.66. The second-order valence-electron chi connectivity index (χ2n) is 7.11. The first-order valence-electron chi connectivity index (χ1n) is 9.42. The zero-order chi connectivity index (χ0) is 17.8. The number of aromatic amines is 1. The fourth-order valence-corrected chi connectivity index (χ4v) is 4.69. The quantitative estimate of drug-likeness (QED) is 0.563. The number of fused-ring (bicyclic) bond motifs is 1. The van der Waals surface area contributed by atoms with Crippen LogP contribution in [0.2, 0.25) is 0 Å². The summed E-state index contributed by atoms with van der Waals surface area (Å²) in [5, 5.41) is 5.02. The Labute approximate surface area is 160 Å².